The Hall–Kier alpha value is -4.52. The van der Waals surface area contributed by atoms with Crippen molar-refractivity contribution in [1.29, 1.82) is 0 Å². The molecule has 4 rings (SSSR count). The zero-order valence-corrected chi connectivity index (χ0v) is 27.4. The molecule has 0 aliphatic rings. The van der Waals surface area contributed by atoms with Crippen molar-refractivity contribution in [2.75, 3.05) is 20.8 Å². The predicted molar refractivity (Wildman–Crippen MR) is 182 cm³/mol. The molecular formula is C39H48O7. The number of methoxy groups -OCH3 is 2. The Morgan fingerprint density at radius 3 is 1.54 bits per heavy atom. The van der Waals surface area contributed by atoms with E-state index in [1.54, 1.807) is 14.2 Å². The highest BCUT2D eigenvalue weighted by Crippen LogP contribution is 2.50. The summed E-state index contributed by atoms with van der Waals surface area (Å²) in [5.74, 6) is 3.02. The molecule has 0 spiro atoms. The molecule has 4 aromatic rings. The van der Waals surface area contributed by atoms with Crippen LogP contribution in [-0.2, 0) is 19.6 Å². The highest BCUT2D eigenvalue weighted by Gasteiger charge is 2.26. The molecule has 0 radical (unpaired) electrons. The fourth-order valence-electron chi connectivity index (χ4n) is 5.58. The monoisotopic (exact) mass is 628 g/mol. The minimum atomic E-state index is 0.00375. The first-order valence-electron chi connectivity index (χ1n) is 16.3. The van der Waals surface area contributed by atoms with Crippen LogP contribution >= 0.6 is 0 Å². The molecule has 7 heteroatoms. The molecule has 4 aromatic carbocycles. The lowest BCUT2D eigenvalue weighted by atomic mass is 9.97. The van der Waals surface area contributed by atoms with Gasteiger partial charge in [-0.1, -0.05) is 99.2 Å². The third-order valence-corrected chi connectivity index (χ3v) is 8.01. The normalized spacial score (nSPS) is 10.8. The molecule has 0 aliphatic heterocycles. The zero-order valence-electron chi connectivity index (χ0n) is 27.4. The molecule has 0 aromatic heterocycles. The van der Waals surface area contributed by atoms with Crippen LogP contribution < -0.4 is 23.7 Å². The molecule has 7 nitrogen and oxygen atoms in total. The molecule has 46 heavy (non-hydrogen) atoms. The van der Waals surface area contributed by atoms with Crippen LogP contribution in [0.5, 0.6) is 40.2 Å². The zero-order chi connectivity index (χ0) is 32.6. The van der Waals surface area contributed by atoms with Gasteiger partial charge in [0.1, 0.15) is 30.5 Å². The maximum absolute atomic E-state index is 9.57. The molecule has 0 amide bonds. The van der Waals surface area contributed by atoms with Crippen LogP contribution in [0, 0.1) is 6.92 Å². The lowest BCUT2D eigenvalue weighted by Crippen LogP contribution is -2.08. The largest absolute Gasteiger partial charge is 0.508 e. The van der Waals surface area contributed by atoms with Gasteiger partial charge in [0, 0.05) is 29.3 Å². The van der Waals surface area contributed by atoms with E-state index in [1.165, 1.54) is 37.5 Å². The van der Waals surface area contributed by atoms with E-state index in [9.17, 15) is 10.2 Å². The molecule has 2 N–H and O–H groups in total. The number of benzene rings is 4. The summed E-state index contributed by atoms with van der Waals surface area (Å²) in [6.45, 7) is 3.51. The first-order valence-corrected chi connectivity index (χ1v) is 16.3. The number of unbranched alkanes of at least 4 members (excludes halogenated alkanes) is 7. The lowest BCUT2D eigenvalue weighted by molar-refractivity contribution is 0.252. The SMILES string of the molecule is COc1c(OCc2ccccc2)c(C)c(CCCCCCCCCCOc2cc(O)cc(O)c2)c(OCc2ccccc2)c1OC. The first kappa shape index (κ1) is 34.4. The molecule has 0 saturated heterocycles. The standard InChI is InChI=1S/C39H48O7/c1-29-35(22-16-8-6-4-5-7-9-17-23-44-34-25-32(40)24-33(41)26-34)37(46-28-31-20-14-11-15-21-31)39(43-3)38(42-2)36(29)45-27-30-18-12-10-13-19-30/h10-15,18-21,24-26,40-41H,4-9,16-17,22-23,27-28H2,1-3H3. The van der Waals surface area contributed by atoms with E-state index in [2.05, 4.69) is 31.2 Å². The van der Waals surface area contributed by atoms with E-state index < -0.39 is 0 Å². The van der Waals surface area contributed by atoms with Crippen LogP contribution in [0.1, 0.15) is 73.6 Å². The number of rotatable bonds is 20. The molecule has 0 bridgehead atoms. The van der Waals surface area contributed by atoms with Gasteiger partial charge in [-0.3, -0.25) is 0 Å². The Labute approximate surface area is 273 Å². The van der Waals surface area contributed by atoms with E-state index in [1.807, 2.05) is 36.4 Å². The number of phenols is 2. The van der Waals surface area contributed by atoms with Crippen LogP contribution in [0.2, 0.25) is 0 Å². The highest BCUT2D eigenvalue weighted by molar-refractivity contribution is 5.67. The van der Waals surface area contributed by atoms with Crippen molar-refractivity contribution in [3.63, 3.8) is 0 Å². The minimum Gasteiger partial charge on any atom is -0.508 e. The number of hydrogen-bond acceptors (Lipinski definition) is 7. The molecule has 0 atom stereocenters. The molecule has 246 valence electrons. The summed E-state index contributed by atoms with van der Waals surface area (Å²) in [5, 5.41) is 19.1. The molecule has 0 saturated carbocycles. The van der Waals surface area contributed by atoms with Gasteiger partial charge in [-0.05, 0) is 37.3 Å². The maximum Gasteiger partial charge on any atom is 0.207 e. The van der Waals surface area contributed by atoms with Gasteiger partial charge in [-0.2, -0.15) is 0 Å². The number of ether oxygens (including phenoxy) is 5. The van der Waals surface area contributed by atoms with Crippen molar-refractivity contribution < 1.29 is 33.9 Å². The summed E-state index contributed by atoms with van der Waals surface area (Å²) in [5.41, 5.74) is 4.27. The number of phenolic OH excluding ortho intramolecular Hbond substituents is 2. The summed E-state index contributed by atoms with van der Waals surface area (Å²) >= 11 is 0. The summed E-state index contributed by atoms with van der Waals surface area (Å²) in [6, 6.07) is 24.6. The second-order valence-corrected chi connectivity index (χ2v) is 11.5. The van der Waals surface area contributed by atoms with Crippen LogP contribution in [0.3, 0.4) is 0 Å². The van der Waals surface area contributed by atoms with E-state index >= 15 is 0 Å². The van der Waals surface area contributed by atoms with Crippen LogP contribution in [0.15, 0.2) is 78.9 Å². The van der Waals surface area contributed by atoms with Crippen molar-refractivity contribution in [3.05, 3.63) is 101 Å². The van der Waals surface area contributed by atoms with Gasteiger partial charge < -0.3 is 33.9 Å². The van der Waals surface area contributed by atoms with Crippen molar-refractivity contribution in [2.45, 2.75) is 77.9 Å². The second-order valence-electron chi connectivity index (χ2n) is 11.5. The molecule has 0 unspecified atom stereocenters. The summed E-state index contributed by atoms with van der Waals surface area (Å²) in [4.78, 5) is 0. The first-order chi connectivity index (χ1) is 22.5. The van der Waals surface area contributed by atoms with Gasteiger partial charge in [0.05, 0.1) is 20.8 Å². The van der Waals surface area contributed by atoms with Gasteiger partial charge in [-0.25, -0.2) is 0 Å². The van der Waals surface area contributed by atoms with Gasteiger partial charge in [0.2, 0.25) is 11.5 Å². The smallest absolute Gasteiger partial charge is 0.207 e. The van der Waals surface area contributed by atoms with Gasteiger partial charge >= 0.3 is 0 Å². The van der Waals surface area contributed by atoms with E-state index in [0.717, 1.165) is 66.5 Å². The third kappa shape index (κ3) is 10.3. The molecular weight excluding hydrogens is 580 g/mol. The summed E-state index contributed by atoms with van der Waals surface area (Å²) in [6.07, 6.45) is 9.72. The van der Waals surface area contributed by atoms with Gasteiger partial charge in [0.25, 0.3) is 0 Å². The summed E-state index contributed by atoms with van der Waals surface area (Å²) in [7, 11) is 3.29. The molecule has 0 fully saturated rings. The Bertz CT molecular complexity index is 1450. The van der Waals surface area contributed by atoms with Gasteiger partial charge in [-0.15, -0.1) is 0 Å². The van der Waals surface area contributed by atoms with E-state index in [0.29, 0.717) is 42.8 Å². The topological polar surface area (TPSA) is 86.6 Å². The average molecular weight is 629 g/mol. The number of aromatic hydroxyl groups is 2. The van der Waals surface area contributed by atoms with Crippen molar-refractivity contribution >= 4 is 0 Å². The fourth-order valence-corrected chi connectivity index (χ4v) is 5.58. The van der Waals surface area contributed by atoms with Crippen molar-refractivity contribution in [2.24, 2.45) is 0 Å². The van der Waals surface area contributed by atoms with Crippen LogP contribution in [0.4, 0.5) is 0 Å². The lowest BCUT2D eigenvalue weighted by Gasteiger charge is -2.23. The Kier molecular flexibility index (Phi) is 13.8. The average Bonchev–Trinajstić information content (AvgIpc) is 3.06. The second kappa shape index (κ2) is 18.4. The Balaban J connectivity index is 1.32. The maximum atomic E-state index is 9.57. The number of hydrogen-bond donors (Lipinski definition) is 2. The predicted octanol–water partition coefficient (Wildman–Crippen LogP) is 9.32. The third-order valence-electron chi connectivity index (χ3n) is 8.01. The minimum absolute atomic E-state index is 0.00375. The molecule has 0 heterocycles. The Morgan fingerprint density at radius 1 is 0.522 bits per heavy atom. The van der Waals surface area contributed by atoms with Gasteiger partial charge in [0.15, 0.2) is 11.5 Å². The highest BCUT2D eigenvalue weighted by atomic mass is 16.5. The van der Waals surface area contributed by atoms with Crippen LogP contribution in [0.25, 0.3) is 0 Å². The van der Waals surface area contributed by atoms with Crippen molar-refractivity contribution in [1.82, 2.24) is 0 Å². The molecule has 0 aliphatic carbocycles. The van der Waals surface area contributed by atoms with Crippen molar-refractivity contribution in [3.8, 4) is 40.2 Å². The quantitative estimate of drug-likeness (QED) is 0.0943. The Morgan fingerprint density at radius 2 is 1.00 bits per heavy atom. The fraction of sp³-hybridized carbons (Fsp3) is 0.385. The van der Waals surface area contributed by atoms with Crippen LogP contribution in [-0.4, -0.2) is 31.0 Å². The van der Waals surface area contributed by atoms with E-state index in [-0.39, 0.29) is 11.5 Å². The summed E-state index contributed by atoms with van der Waals surface area (Å²) < 4.78 is 30.3. The van der Waals surface area contributed by atoms with E-state index in [4.69, 9.17) is 23.7 Å².